The molecule has 122 valence electrons. The van der Waals surface area contributed by atoms with Gasteiger partial charge < -0.3 is 10.1 Å². The van der Waals surface area contributed by atoms with Crippen molar-refractivity contribution in [1.82, 2.24) is 20.4 Å². The van der Waals surface area contributed by atoms with E-state index in [0.717, 1.165) is 32.7 Å². The van der Waals surface area contributed by atoms with Crippen LogP contribution in [0.2, 0.25) is 0 Å². The summed E-state index contributed by atoms with van der Waals surface area (Å²) < 4.78 is 5.39. The van der Waals surface area contributed by atoms with Crippen molar-refractivity contribution in [3.8, 4) is 0 Å². The number of carbonyl (C=O) groups excluding carboxylic acids is 1. The van der Waals surface area contributed by atoms with Crippen LogP contribution in [0.25, 0.3) is 0 Å². The molecule has 1 fully saturated rings. The van der Waals surface area contributed by atoms with E-state index >= 15 is 0 Å². The van der Waals surface area contributed by atoms with Crippen molar-refractivity contribution in [1.29, 1.82) is 0 Å². The fourth-order valence-corrected chi connectivity index (χ4v) is 2.62. The van der Waals surface area contributed by atoms with Crippen molar-refractivity contribution in [2.75, 3.05) is 32.8 Å². The average Bonchev–Trinajstić information content (AvgIpc) is 2.52. The van der Waals surface area contributed by atoms with Crippen molar-refractivity contribution in [3.05, 3.63) is 28.2 Å². The normalized spacial score (nSPS) is 17.4. The number of amides is 1. The second-order valence-electron chi connectivity index (χ2n) is 5.95. The van der Waals surface area contributed by atoms with Crippen LogP contribution in [0.3, 0.4) is 0 Å². The van der Waals surface area contributed by atoms with Crippen molar-refractivity contribution >= 4 is 5.91 Å². The molecule has 1 amide bonds. The van der Waals surface area contributed by atoms with Crippen LogP contribution >= 0.6 is 0 Å². The molecular weight excluding hydrogens is 284 g/mol. The number of carbonyl (C=O) groups is 1. The molecule has 2 heterocycles. The second-order valence-corrected chi connectivity index (χ2v) is 5.95. The van der Waals surface area contributed by atoms with Gasteiger partial charge in [0.05, 0.1) is 13.2 Å². The Bertz CT molecular complexity index is 517. The largest absolute Gasteiger partial charge is 0.379 e. The summed E-state index contributed by atoms with van der Waals surface area (Å²) in [6.45, 7) is 8.19. The molecule has 0 spiro atoms. The zero-order valence-corrected chi connectivity index (χ0v) is 13.2. The summed E-state index contributed by atoms with van der Waals surface area (Å²) in [5.74, 6) is 0.286. The van der Waals surface area contributed by atoms with Gasteiger partial charge >= 0.3 is 0 Å². The van der Waals surface area contributed by atoms with Crippen LogP contribution < -0.4 is 10.9 Å². The zero-order chi connectivity index (χ0) is 15.9. The molecule has 0 unspecified atom stereocenters. The van der Waals surface area contributed by atoms with E-state index in [0.29, 0.717) is 12.5 Å². The molecule has 0 aliphatic carbocycles. The Labute approximate surface area is 130 Å². The number of nitrogens with zero attached hydrogens (tertiary/aromatic N) is 2. The minimum atomic E-state index is -0.317. The highest BCUT2D eigenvalue weighted by Gasteiger charge is 2.22. The first-order chi connectivity index (χ1) is 10.6. The van der Waals surface area contributed by atoms with Gasteiger partial charge in [0.1, 0.15) is 5.69 Å². The predicted molar refractivity (Wildman–Crippen MR) is 82.8 cm³/mol. The van der Waals surface area contributed by atoms with Crippen LogP contribution in [-0.2, 0) is 4.74 Å². The third-order valence-electron chi connectivity index (χ3n) is 3.72. The quantitative estimate of drug-likeness (QED) is 0.786. The van der Waals surface area contributed by atoms with E-state index in [1.54, 1.807) is 0 Å². The SMILES string of the molecule is CC(C)C[C@H](CNC(=O)c1ccc(=O)[nH]n1)N1CCOCC1. The number of hydrogen-bond acceptors (Lipinski definition) is 5. The molecule has 2 rings (SSSR count). The molecule has 1 aliphatic rings. The topological polar surface area (TPSA) is 87.3 Å². The van der Waals surface area contributed by atoms with E-state index in [-0.39, 0.29) is 23.2 Å². The summed E-state index contributed by atoms with van der Waals surface area (Å²) in [5.41, 5.74) is -0.0903. The van der Waals surface area contributed by atoms with Crippen LogP contribution in [0.4, 0.5) is 0 Å². The summed E-state index contributed by atoms with van der Waals surface area (Å²) >= 11 is 0. The number of H-pyrrole nitrogens is 1. The lowest BCUT2D eigenvalue weighted by Crippen LogP contribution is -2.49. The Morgan fingerprint density at radius 2 is 2.14 bits per heavy atom. The molecule has 1 aromatic heterocycles. The van der Waals surface area contributed by atoms with Crippen molar-refractivity contribution in [2.24, 2.45) is 5.92 Å². The Hall–Kier alpha value is -1.73. The van der Waals surface area contributed by atoms with Gasteiger partial charge in [-0.1, -0.05) is 13.8 Å². The standard InChI is InChI=1S/C15H24N4O3/c1-11(2)9-12(19-5-7-22-8-6-19)10-16-15(21)13-3-4-14(20)18-17-13/h3-4,11-12H,5-10H2,1-2H3,(H,16,21)(H,18,20)/t12-/m1/s1. The molecule has 0 aromatic carbocycles. The third-order valence-corrected chi connectivity index (χ3v) is 3.72. The molecular formula is C15H24N4O3. The highest BCUT2D eigenvalue weighted by Crippen LogP contribution is 2.13. The zero-order valence-electron chi connectivity index (χ0n) is 13.2. The number of aromatic nitrogens is 2. The minimum absolute atomic E-state index is 0.227. The van der Waals surface area contributed by atoms with E-state index < -0.39 is 0 Å². The molecule has 0 saturated carbocycles. The lowest BCUT2D eigenvalue weighted by molar-refractivity contribution is 0.0124. The monoisotopic (exact) mass is 308 g/mol. The van der Waals surface area contributed by atoms with Gasteiger partial charge in [-0.25, -0.2) is 5.10 Å². The smallest absolute Gasteiger partial charge is 0.271 e. The predicted octanol–water partition coefficient (Wildman–Crippen LogP) is 0.247. The number of rotatable bonds is 6. The summed E-state index contributed by atoms with van der Waals surface area (Å²) in [6.07, 6.45) is 1.01. The maximum absolute atomic E-state index is 12.1. The van der Waals surface area contributed by atoms with Crippen molar-refractivity contribution in [3.63, 3.8) is 0 Å². The van der Waals surface area contributed by atoms with Crippen molar-refractivity contribution in [2.45, 2.75) is 26.3 Å². The number of hydrogen-bond donors (Lipinski definition) is 2. The highest BCUT2D eigenvalue weighted by atomic mass is 16.5. The van der Waals surface area contributed by atoms with E-state index in [2.05, 4.69) is 34.3 Å². The number of ether oxygens (including phenoxy) is 1. The van der Waals surface area contributed by atoms with E-state index in [9.17, 15) is 9.59 Å². The molecule has 2 N–H and O–H groups in total. The van der Waals surface area contributed by atoms with Gasteiger partial charge in [-0.15, -0.1) is 0 Å². The van der Waals surface area contributed by atoms with Gasteiger partial charge in [-0.3, -0.25) is 14.5 Å². The Morgan fingerprint density at radius 3 is 2.73 bits per heavy atom. The fraction of sp³-hybridized carbons (Fsp3) is 0.667. The first-order valence-electron chi connectivity index (χ1n) is 7.72. The van der Waals surface area contributed by atoms with Gasteiger partial charge in [0, 0.05) is 31.7 Å². The molecule has 7 heteroatoms. The number of morpholine rings is 1. The second kappa shape index (κ2) is 8.05. The Balaban J connectivity index is 1.93. The third kappa shape index (κ3) is 4.92. The van der Waals surface area contributed by atoms with Crippen LogP contribution in [0, 0.1) is 5.92 Å². The van der Waals surface area contributed by atoms with Crippen LogP contribution in [0.1, 0.15) is 30.8 Å². The van der Waals surface area contributed by atoms with Crippen LogP contribution in [0.5, 0.6) is 0 Å². The summed E-state index contributed by atoms with van der Waals surface area (Å²) in [4.78, 5) is 25.4. The van der Waals surface area contributed by atoms with Crippen molar-refractivity contribution < 1.29 is 9.53 Å². The van der Waals surface area contributed by atoms with Gasteiger partial charge in [0.2, 0.25) is 0 Å². The molecule has 22 heavy (non-hydrogen) atoms. The molecule has 1 aromatic rings. The summed E-state index contributed by atoms with van der Waals surface area (Å²) in [7, 11) is 0. The maximum atomic E-state index is 12.1. The molecule has 1 aliphatic heterocycles. The van der Waals surface area contributed by atoms with Gasteiger partial charge in [-0.05, 0) is 18.4 Å². The molecule has 1 saturated heterocycles. The van der Waals surface area contributed by atoms with Crippen LogP contribution in [-0.4, -0.2) is 59.9 Å². The lowest BCUT2D eigenvalue weighted by atomic mass is 10.0. The van der Waals surface area contributed by atoms with Gasteiger partial charge in [0.15, 0.2) is 0 Å². The van der Waals surface area contributed by atoms with E-state index in [1.807, 2.05) is 0 Å². The molecule has 0 bridgehead atoms. The molecule has 7 nitrogen and oxygen atoms in total. The van der Waals surface area contributed by atoms with Gasteiger partial charge in [0.25, 0.3) is 11.5 Å². The van der Waals surface area contributed by atoms with Gasteiger partial charge in [-0.2, -0.15) is 5.10 Å². The van der Waals surface area contributed by atoms with E-state index in [1.165, 1.54) is 12.1 Å². The fourth-order valence-electron chi connectivity index (χ4n) is 2.62. The Kier molecular flexibility index (Phi) is 6.09. The highest BCUT2D eigenvalue weighted by molar-refractivity contribution is 5.91. The lowest BCUT2D eigenvalue weighted by Gasteiger charge is -2.35. The minimum Gasteiger partial charge on any atom is -0.379 e. The molecule has 1 atom stereocenters. The average molecular weight is 308 g/mol. The van der Waals surface area contributed by atoms with Crippen LogP contribution in [0.15, 0.2) is 16.9 Å². The summed E-state index contributed by atoms with van der Waals surface area (Å²) in [5, 5.41) is 8.93. The first-order valence-corrected chi connectivity index (χ1v) is 7.72. The number of aromatic amines is 1. The first kappa shape index (κ1) is 16.6. The number of nitrogens with one attached hydrogen (secondary N) is 2. The van der Waals surface area contributed by atoms with E-state index in [4.69, 9.17) is 4.74 Å². The maximum Gasteiger partial charge on any atom is 0.271 e. The summed E-state index contributed by atoms with van der Waals surface area (Å²) in [6, 6.07) is 3.02. The Morgan fingerprint density at radius 1 is 1.41 bits per heavy atom. The molecule has 0 radical (unpaired) electrons.